The minimum Gasteiger partial charge on any atom is -0.478 e. The highest BCUT2D eigenvalue weighted by molar-refractivity contribution is 7.07. The van der Waals surface area contributed by atoms with Crippen LogP contribution in [0.5, 0.6) is 0 Å². The first-order valence-corrected chi connectivity index (χ1v) is 9.60. The van der Waals surface area contributed by atoms with Gasteiger partial charge in [0.05, 0.1) is 16.9 Å². The van der Waals surface area contributed by atoms with Crippen molar-refractivity contribution in [2.24, 2.45) is 4.99 Å². The summed E-state index contributed by atoms with van der Waals surface area (Å²) in [6.45, 7) is 2.90. The van der Waals surface area contributed by atoms with Crippen LogP contribution in [0.2, 0.25) is 0 Å². The molecule has 0 spiro atoms. The van der Waals surface area contributed by atoms with Gasteiger partial charge in [-0.3, -0.25) is 0 Å². The molecule has 134 valence electrons. The Kier molecular flexibility index (Phi) is 4.60. The lowest BCUT2D eigenvalue weighted by Gasteiger charge is -2.09. The third kappa shape index (κ3) is 3.29. The summed E-state index contributed by atoms with van der Waals surface area (Å²) in [5.41, 5.74) is 3.34. The highest BCUT2D eigenvalue weighted by Gasteiger charge is 2.10. The number of hydrogen-bond acceptors (Lipinski definition) is 3. The smallest absolute Gasteiger partial charge is 0.335 e. The van der Waals surface area contributed by atoms with E-state index in [2.05, 4.69) is 59.3 Å². The van der Waals surface area contributed by atoms with Crippen LogP contribution in [0.1, 0.15) is 17.3 Å². The summed E-state index contributed by atoms with van der Waals surface area (Å²) in [7, 11) is 0. The Labute approximate surface area is 160 Å². The summed E-state index contributed by atoms with van der Waals surface area (Å²) in [5, 5.41) is 13.6. The minimum atomic E-state index is -0.931. The first-order valence-electron chi connectivity index (χ1n) is 8.72. The van der Waals surface area contributed by atoms with E-state index in [-0.39, 0.29) is 5.56 Å². The lowest BCUT2D eigenvalue weighted by Crippen LogP contribution is -2.14. The first-order chi connectivity index (χ1) is 13.2. The molecular formula is C22H18N2O2S. The van der Waals surface area contributed by atoms with Gasteiger partial charge in [-0.2, -0.15) is 0 Å². The van der Waals surface area contributed by atoms with E-state index in [1.165, 1.54) is 16.3 Å². The van der Waals surface area contributed by atoms with Crippen LogP contribution < -0.4 is 4.80 Å². The molecule has 27 heavy (non-hydrogen) atoms. The molecule has 0 unspecified atom stereocenters. The molecule has 4 aromatic rings. The zero-order valence-electron chi connectivity index (χ0n) is 14.8. The fourth-order valence-electron chi connectivity index (χ4n) is 3.18. The summed E-state index contributed by atoms with van der Waals surface area (Å²) in [5.74, 6) is -0.931. The number of rotatable bonds is 4. The van der Waals surface area contributed by atoms with E-state index in [9.17, 15) is 4.79 Å². The molecule has 0 aliphatic heterocycles. The standard InChI is InChI=1S/C22H18N2O2S/c1-2-24-20(19-9-5-7-15-6-3-4-8-18(15)19)14-27-22(24)23-17-12-10-16(11-13-17)21(25)26/h3-14H,2H2,1H3,(H,25,26)/b23-22-. The van der Waals surface area contributed by atoms with Gasteiger partial charge in [0.25, 0.3) is 0 Å². The van der Waals surface area contributed by atoms with Gasteiger partial charge in [-0.25, -0.2) is 9.79 Å². The average Bonchev–Trinajstić information content (AvgIpc) is 3.10. The van der Waals surface area contributed by atoms with E-state index in [0.29, 0.717) is 0 Å². The number of nitrogens with zero attached hydrogens (tertiary/aromatic N) is 2. The Morgan fingerprint density at radius 2 is 1.78 bits per heavy atom. The highest BCUT2D eigenvalue weighted by Crippen LogP contribution is 2.29. The molecule has 0 saturated heterocycles. The van der Waals surface area contributed by atoms with Crippen LogP contribution in [0.4, 0.5) is 5.69 Å². The van der Waals surface area contributed by atoms with Crippen molar-refractivity contribution in [3.05, 3.63) is 82.5 Å². The fourth-order valence-corrected chi connectivity index (χ4v) is 4.16. The van der Waals surface area contributed by atoms with Gasteiger partial charge in [-0.1, -0.05) is 42.5 Å². The van der Waals surface area contributed by atoms with Gasteiger partial charge >= 0.3 is 5.97 Å². The van der Waals surface area contributed by atoms with Gasteiger partial charge in [-0.05, 0) is 42.0 Å². The lowest BCUT2D eigenvalue weighted by atomic mass is 10.0. The monoisotopic (exact) mass is 374 g/mol. The number of carbonyl (C=O) groups is 1. The largest absolute Gasteiger partial charge is 0.478 e. The molecule has 4 nitrogen and oxygen atoms in total. The Balaban J connectivity index is 1.83. The first kappa shape index (κ1) is 17.2. The van der Waals surface area contributed by atoms with Gasteiger partial charge in [0, 0.05) is 17.5 Å². The predicted octanol–water partition coefficient (Wildman–Crippen LogP) is 5.32. The van der Waals surface area contributed by atoms with Crippen LogP contribution in [0.25, 0.3) is 22.0 Å². The molecule has 0 radical (unpaired) electrons. The van der Waals surface area contributed by atoms with Crippen molar-refractivity contribution in [1.82, 2.24) is 4.57 Å². The number of hydrogen-bond donors (Lipinski definition) is 1. The number of thiazole rings is 1. The molecule has 3 aromatic carbocycles. The minimum absolute atomic E-state index is 0.264. The van der Waals surface area contributed by atoms with Crippen molar-refractivity contribution in [3.63, 3.8) is 0 Å². The molecule has 0 bridgehead atoms. The molecule has 1 heterocycles. The number of aromatic nitrogens is 1. The Morgan fingerprint density at radius 1 is 1.04 bits per heavy atom. The molecule has 0 aliphatic carbocycles. The van der Waals surface area contributed by atoms with Crippen molar-refractivity contribution in [1.29, 1.82) is 0 Å². The fraction of sp³-hybridized carbons (Fsp3) is 0.0909. The van der Waals surface area contributed by atoms with Crippen molar-refractivity contribution < 1.29 is 9.90 Å². The zero-order chi connectivity index (χ0) is 18.8. The third-order valence-corrected chi connectivity index (χ3v) is 5.38. The maximum Gasteiger partial charge on any atom is 0.335 e. The van der Waals surface area contributed by atoms with E-state index in [0.717, 1.165) is 22.7 Å². The quantitative estimate of drug-likeness (QED) is 0.525. The third-order valence-electron chi connectivity index (χ3n) is 4.52. The van der Waals surface area contributed by atoms with Crippen molar-refractivity contribution >= 4 is 33.8 Å². The van der Waals surface area contributed by atoms with Gasteiger partial charge in [-0.15, -0.1) is 11.3 Å². The molecule has 5 heteroatoms. The van der Waals surface area contributed by atoms with Crippen LogP contribution >= 0.6 is 11.3 Å². The second-order valence-corrected chi connectivity index (χ2v) is 6.97. The Morgan fingerprint density at radius 3 is 2.52 bits per heavy atom. The second kappa shape index (κ2) is 7.21. The van der Waals surface area contributed by atoms with Gasteiger partial charge < -0.3 is 9.67 Å². The molecule has 0 aliphatic rings. The zero-order valence-corrected chi connectivity index (χ0v) is 15.6. The van der Waals surface area contributed by atoms with E-state index in [1.807, 2.05) is 0 Å². The van der Waals surface area contributed by atoms with Crippen molar-refractivity contribution in [2.45, 2.75) is 13.5 Å². The maximum atomic E-state index is 11.0. The van der Waals surface area contributed by atoms with Crippen molar-refractivity contribution in [3.8, 4) is 11.3 Å². The summed E-state index contributed by atoms with van der Waals surface area (Å²) in [6.07, 6.45) is 0. The van der Waals surface area contributed by atoms with Crippen LogP contribution in [-0.2, 0) is 6.54 Å². The number of aromatic carboxylic acids is 1. The van der Waals surface area contributed by atoms with E-state index >= 15 is 0 Å². The van der Waals surface area contributed by atoms with Crippen LogP contribution in [0.15, 0.2) is 77.1 Å². The second-order valence-electron chi connectivity index (χ2n) is 6.14. The molecule has 0 fully saturated rings. The number of carboxylic acids is 1. The van der Waals surface area contributed by atoms with E-state index < -0.39 is 5.97 Å². The number of carboxylic acid groups (broad SMARTS) is 1. The van der Waals surface area contributed by atoms with Gasteiger partial charge in [0.2, 0.25) is 0 Å². The van der Waals surface area contributed by atoms with Crippen LogP contribution in [0, 0.1) is 0 Å². The normalized spacial score (nSPS) is 11.8. The molecule has 1 N–H and O–H groups in total. The van der Waals surface area contributed by atoms with Gasteiger partial charge in [0.15, 0.2) is 4.80 Å². The summed E-state index contributed by atoms with van der Waals surface area (Å²) in [6, 6.07) is 21.4. The highest BCUT2D eigenvalue weighted by atomic mass is 32.1. The maximum absolute atomic E-state index is 11.0. The molecule has 0 atom stereocenters. The topological polar surface area (TPSA) is 54.6 Å². The van der Waals surface area contributed by atoms with Gasteiger partial charge in [0.1, 0.15) is 0 Å². The predicted molar refractivity (Wildman–Crippen MR) is 110 cm³/mol. The Bertz CT molecular complexity index is 1180. The molecule has 0 saturated carbocycles. The van der Waals surface area contributed by atoms with Crippen LogP contribution in [-0.4, -0.2) is 15.6 Å². The number of benzene rings is 3. The summed E-state index contributed by atoms with van der Waals surface area (Å²) >= 11 is 1.59. The van der Waals surface area contributed by atoms with E-state index in [4.69, 9.17) is 10.1 Å². The SMILES string of the molecule is CCn1c(-c2cccc3ccccc23)cs/c1=N\c1ccc(C(=O)O)cc1. The Hall–Kier alpha value is -3.18. The molecule has 4 rings (SSSR count). The lowest BCUT2D eigenvalue weighted by molar-refractivity contribution is 0.0697. The molecule has 1 aromatic heterocycles. The number of fused-ring (bicyclic) bond motifs is 1. The molecule has 0 amide bonds. The summed E-state index contributed by atoms with van der Waals surface area (Å²) < 4.78 is 2.19. The summed E-state index contributed by atoms with van der Waals surface area (Å²) in [4.78, 5) is 16.6. The average molecular weight is 374 g/mol. The molecular weight excluding hydrogens is 356 g/mol. The van der Waals surface area contributed by atoms with Crippen LogP contribution in [0.3, 0.4) is 0 Å². The van der Waals surface area contributed by atoms with Crippen molar-refractivity contribution in [2.75, 3.05) is 0 Å². The van der Waals surface area contributed by atoms with E-state index in [1.54, 1.807) is 35.6 Å².